The number of rotatable bonds is 5. The lowest BCUT2D eigenvalue weighted by Gasteiger charge is -2.24. The standard InChI is InChI=1S/C15H15BrN2S2/c1-2-8-18(11-14-7-4-9-20-14)15(19)17-13-6-3-5-12(16)10-13/h2-7,9-10H,1,8,11H2,(H,17,19). The van der Waals surface area contributed by atoms with Gasteiger partial charge in [-0.25, -0.2) is 0 Å². The zero-order chi connectivity index (χ0) is 14.4. The first-order valence-electron chi connectivity index (χ1n) is 6.14. The van der Waals surface area contributed by atoms with Crippen LogP contribution in [0.1, 0.15) is 4.88 Å². The first-order valence-corrected chi connectivity index (χ1v) is 8.22. The van der Waals surface area contributed by atoms with E-state index in [1.54, 1.807) is 11.3 Å². The van der Waals surface area contributed by atoms with Crippen LogP contribution in [-0.4, -0.2) is 16.6 Å². The highest BCUT2D eigenvalue weighted by molar-refractivity contribution is 9.10. The molecule has 0 aliphatic carbocycles. The van der Waals surface area contributed by atoms with Crippen molar-refractivity contribution in [3.05, 3.63) is 63.8 Å². The van der Waals surface area contributed by atoms with Gasteiger partial charge in [0.15, 0.2) is 5.11 Å². The van der Waals surface area contributed by atoms with E-state index in [9.17, 15) is 0 Å². The monoisotopic (exact) mass is 366 g/mol. The lowest BCUT2D eigenvalue weighted by atomic mass is 10.3. The molecule has 0 atom stereocenters. The van der Waals surface area contributed by atoms with Crippen LogP contribution in [0.5, 0.6) is 0 Å². The number of nitrogens with one attached hydrogen (secondary N) is 1. The minimum absolute atomic E-state index is 0.705. The maximum absolute atomic E-state index is 5.50. The summed E-state index contributed by atoms with van der Waals surface area (Å²) in [6.07, 6.45) is 1.86. The molecule has 0 bridgehead atoms. The molecule has 104 valence electrons. The lowest BCUT2D eigenvalue weighted by molar-refractivity contribution is 0.468. The Kier molecular flexibility index (Phi) is 5.76. The Balaban J connectivity index is 2.04. The van der Waals surface area contributed by atoms with Crippen LogP contribution in [0.4, 0.5) is 5.69 Å². The average Bonchev–Trinajstić information content (AvgIpc) is 2.91. The van der Waals surface area contributed by atoms with E-state index in [2.05, 4.69) is 50.2 Å². The fourth-order valence-corrected chi connectivity index (χ4v) is 3.11. The van der Waals surface area contributed by atoms with Gasteiger partial charge in [-0.15, -0.1) is 17.9 Å². The zero-order valence-corrected chi connectivity index (χ0v) is 14.1. The highest BCUT2D eigenvalue weighted by atomic mass is 79.9. The number of thiocarbonyl (C=S) groups is 1. The molecule has 0 amide bonds. The van der Waals surface area contributed by atoms with E-state index in [-0.39, 0.29) is 0 Å². The summed E-state index contributed by atoms with van der Waals surface area (Å²) in [6.45, 7) is 5.32. The van der Waals surface area contributed by atoms with E-state index in [0.717, 1.165) is 23.2 Å². The molecule has 2 aromatic rings. The molecular formula is C15H15BrN2S2. The Bertz CT molecular complexity index is 581. The predicted molar refractivity (Wildman–Crippen MR) is 95.3 cm³/mol. The minimum atomic E-state index is 0.705. The van der Waals surface area contributed by atoms with Crippen molar-refractivity contribution in [1.82, 2.24) is 4.90 Å². The lowest BCUT2D eigenvalue weighted by Crippen LogP contribution is -2.34. The molecule has 0 fully saturated rings. The molecule has 0 aliphatic heterocycles. The van der Waals surface area contributed by atoms with Gasteiger partial charge >= 0.3 is 0 Å². The zero-order valence-electron chi connectivity index (χ0n) is 10.9. The van der Waals surface area contributed by atoms with E-state index in [0.29, 0.717) is 5.11 Å². The van der Waals surface area contributed by atoms with Crippen LogP contribution >= 0.6 is 39.5 Å². The van der Waals surface area contributed by atoms with Gasteiger partial charge in [-0.05, 0) is 41.9 Å². The van der Waals surface area contributed by atoms with Crippen LogP contribution in [0.15, 0.2) is 58.9 Å². The molecule has 0 saturated carbocycles. The molecule has 0 unspecified atom stereocenters. The van der Waals surface area contributed by atoms with Crippen molar-refractivity contribution >= 4 is 50.3 Å². The van der Waals surface area contributed by atoms with Crippen LogP contribution in [0.25, 0.3) is 0 Å². The number of halogens is 1. The molecular weight excluding hydrogens is 352 g/mol. The minimum Gasteiger partial charge on any atom is -0.340 e. The second-order valence-electron chi connectivity index (χ2n) is 4.19. The number of hydrogen-bond acceptors (Lipinski definition) is 2. The summed E-state index contributed by atoms with van der Waals surface area (Å²) in [7, 11) is 0. The quantitative estimate of drug-likeness (QED) is 0.598. The van der Waals surface area contributed by atoms with Crippen LogP contribution in [0, 0.1) is 0 Å². The largest absolute Gasteiger partial charge is 0.340 e. The van der Waals surface area contributed by atoms with Crippen LogP contribution in [0.3, 0.4) is 0 Å². The molecule has 2 nitrogen and oxygen atoms in total. The van der Waals surface area contributed by atoms with Gasteiger partial charge in [0.25, 0.3) is 0 Å². The van der Waals surface area contributed by atoms with E-state index >= 15 is 0 Å². The highest BCUT2D eigenvalue weighted by Gasteiger charge is 2.10. The van der Waals surface area contributed by atoms with Crippen molar-refractivity contribution in [2.45, 2.75) is 6.54 Å². The first kappa shape index (κ1) is 15.2. The molecule has 2 rings (SSSR count). The van der Waals surface area contributed by atoms with Gasteiger partial charge in [-0.1, -0.05) is 34.1 Å². The molecule has 0 aliphatic rings. The fraction of sp³-hybridized carbons (Fsp3) is 0.133. The molecule has 1 heterocycles. The summed E-state index contributed by atoms with van der Waals surface area (Å²) in [4.78, 5) is 3.37. The average molecular weight is 367 g/mol. The predicted octanol–water partition coefficient (Wildman–Crippen LogP) is 4.90. The molecule has 20 heavy (non-hydrogen) atoms. The third kappa shape index (κ3) is 4.44. The van der Waals surface area contributed by atoms with Crippen molar-refractivity contribution < 1.29 is 0 Å². The molecule has 1 aromatic heterocycles. The highest BCUT2D eigenvalue weighted by Crippen LogP contribution is 2.17. The molecule has 0 saturated heterocycles. The SMILES string of the molecule is C=CCN(Cc1cccs1)C(=S)Nc1cccc(Br)c1. The van der Waals surface area contributed by atoms with E-state index in [1.807, 2.05) is 30.3 Å². The maximum atomic E-state index is 5.50. The Morgan fingerprint density at radius 2 is 2.25 bits per heavy atom. The molecule has 5 heteroatoms. The Hall–Kier alpha value is -1.17. The Labute approximate surface area is 137 Å². The summed E-state index contributed by atoms with van der Waals surface area (Å²) >= 11 is 10.7. The van der Waals surface area contributed by atoms with Gasteiger partial charge in [0.2, 0.25) is 0 Å². The summed E-state index contributed by atoms with van der Waals surface area (Å²) in [5.74, 6) is 0. The summed E-state index contributed by atoms with van der Waals surface area (Å²) < 4.78 is 1.03. The Morgan fingerprint density at radius 3 is 2.90 bits per heavy atom. The number of thiophene rings is 1. The molecule has 0 radical (unpaired) electrons. The molecule has 0 spiro atoms. The van der Waals surface area contributed by atoms with Crippen molar-refractivity contribution in [3.63, 3.8) is 0 Å². The topological polar surface area (TPSA) is 15.3 Å². The first-order chi connectivity index (χ1) is 9.69. The number of nitrogens with zero attached hydrogens (tertiary/aromatic N) is 1. The second-order valence-corrected chi connectivity index (χ2v) is 6.52. The maximum Gasteiger partial charge on any atom is 0.174 e. The van der Waals surface area contributed by atoms with Crippen molar-refractivity contribution in [2.75, 3.05) is 11.9 Å². The summed E-state index contributed by atoms with van der Waals surface area (Å²) in [5.41, 5.74) is 0.976. The van der Waals surface area contributed by atoms with Gasteiger partial charge in [-0.3, -0.25) is 0 Å². The van der Waals surface area contributed by atoms with Gasteiger partial charge in [0, 0.05) is 21.6 Å². The Morgan fingerprint density at radius 1 is 1.40 bits per heavy atom. The second kappa shape index (κ2) is 7.57. The van der Waals surface area contributed by atoms with E-state index in [4.69, 9.17) is 12.2 Å². The van der Waals surface area contributed by atoms with E-state index < -0.39 is 0 Å². The van der Waals surface area contributed by atoms with Gasteiger partial charge < -0.3 is 10.2 Å². The van der Waals surface area contributed by atoms with Crippen molar-refractivity contribution in [1.29, 1.82) is 0 Å². The number of benzene rings is 1. The van der Waals surface area contributed by atoms with Crippen LogP contribution < -0.4 is 5.32 Å². The third-order valence-corrected chi connectivity index (χ3v) is 4.35. The smallest absolute Gasteiger partial charge is 0.174 e. The third-order valence-electron chi connectivity index (χ3n) is 2.64. The van der Waals surface area contributed by atoms with Crippen LogP contribution in [0.2, 0.25) is 0 Å². The van der Waals surface area contributed by atoms with Gasteiger partial charge in [0.1, 0.15) is 0 Å². The summed E-state index contributed by atoms with van der Waals surface area (Å²) in [6, 6.07) is 12.1. The fourth-order valence-electron chi connectivity index (χ4n) is 1.73. The normalized spacial score (nSPS) is 10.1. The van der Waals surface area contributed by atoms with E-state index in [1.165, 1.54) is 4.88 Å². The number of hydrogen-bond donors (Lipinski definition) is 1. The number of anilines is 1. The molecule has 1 N–H and O–H groups in total. The van der Waals surface area contributed by atoms with Crippen molar-refractivity contribution in [3.8, 4) is 0 Å². The van der Waals surface area contributed by atoms with Crippen LogP contribution in [-0.2, 0) is 6.54 Å². The van der Waals surface area contributed by atoms with Crippen molar-refractivity contribution in [2.24, 2.45) is 0 Å². The molecule has 1 aromatic carbocycles. The summed E-state index contributed by atoms with van der Waals surface area (Å²) in [5, 5.41) is 6.04. The van der Waals surface area contributed by atoms with Gasteiger partial charge in [-0.2, -0.15) is 0 Å². The van der Waals surface area contributed by atoms with Gasteiger partial charge in [0.05, 0.1) is 6.54 Å².